The van der Waals surface area contributed by atoms with Gasteiger partial charge in [-0.15, -0.1) is 11.8 Å². The highest BCUT2D eigenvalue weighted by Crippen LogP contribution is 2.29. The van der Waals surface area contributed by atoms with Gasteiger partial charge >= 0.3 is 0 Å². The van der Waals surface area contributed by atoms with Crippen molar-refractivity contribution in [2.75, 3.05) is 18.1 Å². The molecule has 0 amide bonds. The molecule has 2 rings (SSSR count). The van der Waals surface area contributed by atoms with Crippen LogP contribution in [-0.2, 0) is 0 Å². The van der Waals surface area contributed by atoms with E-state index in [-0.39, 0.29) is 0 Å². The fraction of sp³-hybridized carbons (Fsp3) is 0.500. The Morgan fingerprint density at radius 2 is 2.17 bits per heavy atom. The van der Waals surface area contributed by atoms with Crippen molar-refractivity contribution in [3.05, 3.63) is 23.8 Å². The van der Waals surface area contributed by atoms with Crippen LogP contribution in [0.1, 0.15) is 31.2 Å². The van der Waals surface area contributed by atoms with E-state index in [0.29, 0.717) is 4.99 Å². The summed E-state index contributed by atoms with van der Waals surface area (Å²) in [5, 5.41) is 3.53. The van der Waals surface area contributed by atoms with Crippen LogP contribution >= 0.6 is 24.0 Å². The van der Waals surface area contributed by atoms with Gasteiger partial charge in [-0.05, 0) is 37.1 Å². The summed E-state index contributed by atoms with van der Waals surface area (Å²) in [6.07, 6.45) is 7.49. The molecule has 3 N–H and O–H groups in total. The third-order valence-electron chi connectivity index (χ3n) is 3.55. The molecule has 0 spiro atoms. The van der Waals surface area contributed by atoms with Crippen LogP contribution in [0.25, 0.3) is 0 Å². The van der Waals surface area contributed by atoms with Crippen molar-refractivity contribution in [3.8, 4) is 0 Å². The van der Waals surface area contributed by atoms with Crippen LogP contribution < -0.4 is 11.1 Å². The van der Waals surface area contributed by atoms with Crippen LogP contribution in [0.3, 0.4) is 0 Å². The monoisotopic (exact) mass is 280 g/mol. The molecule has 0 saturated heterocycles. The molecule has 0 aliphatic heterocycles. The Hall–Kier alpha value is -0.740. The second-order valence-corrected chi connectivity index (χ2v) is 6.07. The van der Waals surface area contributed by atoms with Crippen molar-refractivity contribution < 1.29 is 0 Å². The minimum atomic E-state index is 0.480. The molecule has 0 unspecified atom stereocenters. The normalized spacial score (nSPS) is 15.8. The molecule has 0 aromatic heterocycles. The van der Waals surface area contributed by atoms with Gasteiger partial charge in [0, 0.05) is 22.7 Å². The largest absolute Gasteiger partial charge is 0.389 e. The summed E-state index contributed by atoms with van der Waals surface area (Å²) in [5.74, 6) is 0.808. The lowest BCUT2D eigenvalue weighted by molar-refractivity contribution is 0.580. The van der Waals surface area contributed by atoms with Gasteiger partial charge in [-0.25, -0.2) is 0 Å². The molecule has 2 nitrogen and oxygen atoms in total. The first-order valence-electron chi connectivity index (χ1n) is 6.43. The maximum absolute atomic E-state index is 5.85. The molecule has 1 aliphatic rings. The molecule has 0 bridgehead atoms. The standard InChI is InChI=1S/C14H20N2S2/c1-18-12-8-4-7-11(13(12)14(15)17)16-9-10-5-2-3-6-10/h4,7-8,10,16H,2-3,5-6,9H2,1H3,(H2,15,17). The van der Waals surface area contributed by atoms with E-state index in [2.05, 4.69) is 29.8 Å². The zero-order chi connectivity index (χ0) is 13.0. The van der Waals surface area contributed by atoms with Crippen LogP contribution in [0.2, 0.25) is 0 Å². The van der Waals surface area contributed by atoms with Crippen molar-refractivity contribution in [1.29, 1.82) is 0 Å². The number of nitrogens with two attached hydrogens (primary N) is 1. The van der Waals surface area contributed by atoms with Gasteiger partial charge in [0.25, 0.3) is 0 Å². The fourth-order valence-electron chi connectivity index (χ4n) is 2.57. The van der Waals surface area contributed by atoms with Gasteiger partial charge in [0.15, 0.2) is 0 Å². The van der Waals surface area contributed by atoms with Crippen LogP contribution in [0.5, 0.6) is 0 Å². The van der Waals surface area contributed by atoms with Crippen LogP contribution in [0, 0.1) is 5.92 Å². The molecule has 18 heavy (non-hydrogen) atoms. The van der Waals surface area contributed by atoms with E-state index < -0.39 is 0 Å². The van der Waals surface area contributed by atoms with E-state index >= 15 is 0 Å². The van der Waals surface area contributed by atoms with Crippen molar-refractivity contribution >= 4 is 34.7 Å². The Bertz CT molecular complexity index is 426. The van der Waals surface area contributed by atoms with Gasteiger partial charge in [0.2, 0.25) is 0 Å². The first-order valence-corrected chi connectivity index (χ1v) is 8.06. The molecule has 1 aromatic carbocycles. The van der Waals surface area contributed by atoms with Crippen molar-refractivity contribution in [2.45, 2.75) is 30.6 Å². The lowest BCUT2D eigenvalue weighted by Gasteiger charge is -2.16. The second-order valence-electron chi connectivity index (χ2n) is 4.78. The molecule has 0 atom stereocenters. The quantitative estimate of drug-likeness (QED) is 0.638. The van der Waals surface area contributed by atoms with Gasteiger partial charge in [-0.1, -0.05) is 31.1 Å². The zero-order valence-electron chi connectivity index (χ0n) is 10.7. The number of hydrogen-bond donors (Lipinski definition) is 2. The Morgan fingerprint density at radius 3 is 2.78 bits per heavy atom. The van der Waals surface area contributed by atoms with E-state index in [1.54, 1.807) is 11.8 Å². The molecule has 1 fully saturated rings. The minimum Gasteiger partial charge on any atom is -0.389 e. The molecular weight excluding hydrogens is 260 g/mol. The molecular formula is C14H20N2S2. The number of hydrogen-bond acceptors (Lipinski definition) is 3. The van der Waals surface area contributed by atoms with Crippen molar-refractivity contribution in [2.24, 2.45) is 11.7 Å². The van der Waals surface area contributed by atoms with Gasteiger partial charge in [-0.3, -0.25) is 0 Å². The van der Waals surface area contributed by atoms with E-state index in [1.165, 1.54) is 25.7 Å². The van der Waals surface area contributed by atoms with Gasteiger partial charge in [0.1, 0.15) is 4.99 Å². The average molecular weight is 280 g/mol. The highest BCUT2D eigenvalue weighted by atomic mass is 32.2. The Balaban J connectivity index is 2.13. The van der Waals surface area contributed by atoms with Gasteiger partial charge in [0.05, 0.1) is 0 Å². The maximum Gasteiger partial charge on any atom is 0.107 e. The molecule has 4 heteroatoms. The number of nitrogens with one attached hydrogen (secondary N) is 1. The summed E-state index contributed by atoms with van der Waals surface area (Å²) in [4.78, 5) is 1.63. The highest BCUT2D eigenvalue weighted by Gasteiger charge is 2.16. The third kappa shape index (κ3) is 3.18. The SMILES string of the molecule is CSc1cccc(NCC2CCCC2)c1C(N)=S. The second kappa shape index (κ2) is 6.43. The van der Waals surface area contributed by atoms with Crippen molar-refractivity contribution in [3.63, 3.8) is 0 Å². The zero-order valence-corrected chi connectivity index (χ0v) is 12.4. The number of rotatable bonds is 5. The molecule has 1 aliphatic carbocycles. The van der Waals surface area contributed by atoms with E-state index in [0.717, 1.165) is 28.6 Å². The minimum absolute atomic E-state index is 0.480. The molecule has 0 heterocycles. The van der Waals surface area contributed by atoms with E-state index in [4.69, 9.17) is 18.0 Å². The van der Waals surface area contributed by atoms with Gasteiger partial charge < -0.3 is 11.1 Å². The summed E-state index contributed by atoms with van der Waals surface area (Å²) in [7, 11) is 0. The summed E-state index contributed by atoms with van der Waals surface area (Å²) in [5.41, 5.74) is 7.94. The summed E-state index contributed by atoms with van der Waals surface area (Å²) < 4.78 is 0. The molecule has 98 valence electrons. The summed E-state index contributed by atoms with van der Waals surface area (Å²) >= 11 is 6.87. The lowest BCUT2D eigenvalue weighted by Crippen LogP contribution is -2.17. The Labute approximate surface area is 119 Å². The third-order valence-corrected chi connectivity index (χ3v) is 4.53. The van der Waals surface area contributed by atoms with Crippen LogP contribution in [0.4, 0.5) is 5.69 Å². The average Bonchev–Trinajstić information content (AvgIpc) is 2.88. The molecule has 0 radical (unpaired) electrons. The number of benzene rings is 1. The highest BCUT2D eigenvalue weighted by molar-refractivity contribution is 7.98. The number of thiocarbonyl (C=S) groups is 1. The predicted molar refractivity (Wildman–Crippen MR) is 84.6 cm³/mol. The van der Waals surface area contributed by atoms with Crippen LogP contribution in [-0.4, -0.2) is 17.8 Å². The topological polar surface area (TPSA) is 38.0 Å². The maximum atomic E-state index is 5.85. The smallest absolute Gasteiger partial charge is 0.107 e. The first kappa shape index (κ1) is 13.7. The van der Waals surface area contributed by atoms with Crippen LogP contribution in [0.15, 0.2) is 23.1 Å². The predicted octanol–water partition coefficient (Wildman–Crippen LogP) is 3.64. The Kier molecular flexibility index (Phi) is 4.89. The van der Waals surface area contributed by atoms with Gasteiger partial charge in [-0.2, -0.15) is 0 Å². The summed E-state index contributed by atoms with van der Waals surface area (Å²) in [6.45, 7) is 1.04. The first-order chi connectivity index (χ1) is 8.72. The van der Waals surface area contributed by atoms with E-state index in [1.807, 2.05) is 0 Å². The van der Waals surface area contributed by atoms with Crippen molar-refractivity contribution in [1.82, 2.24) is 0 Å². The number of anilines is 1. The molecule has 1 saturated carbocycles. The molecule has 1 aromatic rings. The number of thioether (sulfide) groups is 1. The summed E-state index contributed by atoms with van der Waals surface area (Å²) in [6, 6.07) is 6.20. The Morgan fingerprint density at radius 1 is 1.44 bits per heavy atom. The van der Waals surface area contributed by atoms with E-state index in [9.17, 15) is 0 Å². The fourth-order valence-corrected chi connectivity index (χ4v) is 3.49. The lowest BCUT2D eigenvalue weighted by atomic mass is 10.1.